The number of thiophene rings is 1. The lowest BCUT2D eigenvalue weighted by molar-refractivity contribution is 0.284. The lowest BCUT2D eigenvalue weighted by Gasteiger charge is -2.13. The molecule has 0 spiro atoms. The van der Waals surface area contributed by atoms with Crippen LogP contribution in [0.4, 0.5) is 0 Å². The Hall–Kier alpha value is -0.620. The molecule has 18 heavy (non-hydrogen) atoms. The molecule has 0 saturated carbocycles. The van der Waals surface area contributed by atoms with Crippen molar-refractivity contribution in [3.8, 4) is 0 Å². The van der Waals surface area contributed by atoms with E-state index in [9.17, 15) is 0 Å². The molecule has 2 rings (SSSR count). The predicted molar refractivity (Wildman–Crippen MR) is 78.5 cm³/mol. The zero-order valence-corrected chi connectivity index (χ0v) is 13.0. The summed E-state index contributed by atoms with van der Waals surface area (Å²) >= 11 is 5.19. The molecule has 98 valence electrons. The van der Waals surface area contributed by atoms with Gasteiger partial charge in [0.05, 0.1) is 16.9 Å². The van der Waals surface area contributed by atoms with Gasteiger partial charge in [-0.15, -0.1) is 11.3 Å². The minimum absolute atomic E-state index is 0.465. The lowest BCUT2D eigenvalue weighted by Crippen LogP contribution is -2.16. The standard InChI is InChI=1S/C13H17BrN2OS/c1-9-3-11(17-12(9)5-15)7-16(2)6-10-4-13(14)18-8-10/h3-4,8H,5-7,15H2,1-2H3. The van der Waals surface area contributed by atoms with Crippen molar-refractivity contribution in [1.29, 1.82) is 0 Å². The first-order chi connectivity index (χ1) is 8.58. The summed E-state index contributed by atoms with van der Waals surface area (Å²) in [7, 11) is 2.09. The molecule has 0 fully saturated rings. The van der Waals surface area contributed by atoms with Crippen molar-refractivity contribution in [2.24, 2.45) is 5.73 Å². The molecule has 2 aromatic heterocycles. The van der Waals surface area contributed by atoms with Crippen LogP contribution in [0.15, 0.2) is 25.7 Å². The van der Waals surface area contributed by atoms with Gasteiger partial charge in [0.25, 0.3) is 0 Å². The number of hydrogen-bond acceptors (Lipinski definition) is 4. The third kappa shape index (κ3) is 3.45. The van der Waals surface area contributed by atoms with E-state index in [0.717, 1.165) is 30.2 Å². The predicted octanol–water partition coefficient (Wildman–Crippen LogP) is 3.50. The molecule has 0 bridgehead atoms. The van der Waals surface area contributed by atoms with Gasteiger partial charge in [-0.25, -0.2) is 0 Å². The van der Waals surface area contributed by atoms with Gasteiger partial charge in [-0.1, -0.05) is 0 Å². The van der Waals surface area contributed by atoms with Crippen LogP contribution < -0.4 is 5.73 Å². The van der Waals surface area contributed by atoms with E-state index in [1.54, 1.807) is 11.3 Å². The van der Waals surface area contributed by atoms with Crippen LogP contribution in [0.1, 0.15) is 22.6 Å². The molecule has 0 aliphatic heterocycles. The van der Waals surface area contributed by atoms with Gasteiger partial charge in [-0.05, 0) is 58.5 Å². The van der Waals surface area contributed by atoms with Crippen LogP contribution in [0.5, 0.6) is 0 Å². The van der Waals surface area contributed by atoms with Crippen LogP contribution in [-0.2, 0) is 19.6 Å². The largest absolute Gasteiger partial charge is 0.463 e. The van der Waals surface area contributed by atoms with Gasteiger partial charge in [0.2, 0.25) is 0 Å². The average Bonchev–Trinajstić information content (AvgIpc) is 2.85. The van der Waals surface area contributed by atoms with Crippen molar-refractivity contribution < 1.29 is 4.42 Å². The fraction of sp³-hybridized carbons (Fsp3) is 0.385. The Morgan fingerprint density at radius 1 is 1.39 bits per heavy atom. The lowest BCUT2D eigenvalue weighted by atomic mass is 10.2. The van der Waals surface area contributed by atoms with Crippen molar-refractivity contribution >= 4 is 27.3 Å². The van der Waals surface area contributed by atoms with Crippen LogP contribution in [0, 0.1) is 6.92 Å². The van der Waals surface area contributed by atoms with Crippen LogP contribution >= 0.6 is 27.3 Å². The molecule has 2 N–H and O–H groups in total. The smallest absolute Gasteiger partial charge is 0.120 e. The summed E-state index contributed by atoms with van der Waals surface area (Å²) in [5.41, 5.74) is 8.06. The van der Waals surface area contributed by atoms with Crippen LogP contribution in [0.2, 0.25) is 0 Å². The monoisotopic (exact) mass is 328 g/mol. The Kier molecular flexibility index (Phi) is 4.61. The Balaban J connectivity index is 1.96. The van der Waals surface area contributed by atoms with Gasteiger partial charge in [0.15, 0.2) is 0 Å². The molecule has 5 heteroatoms. The molecule has 0 aliphatic rings. The molecular formula is C13H17BrN2OS. The zero-order valence-electron chi connectivity index (χ0n) is 10.6. The number of nitrogens with two attached hydrogens (primary N) is 1. The summed E-state index contributed by atoms with van der Waals surface area (Å²) in [5, 5.41) is 2.17. The SMILES string of the molecule is Cc1cc(CN(C)Cc2csc(Br)c2)oc1CN. The Morgan fingerprint density at radius 3 is 2.72 bits per heavy atom. The second-order valence-corrected chi connectivity index (χ2v) is 6.74. The molecule has 0 atom stereocenters. The Bertz CT molecular complexity index is 521. The number of halogens is 1. The minimum atomic E-state index is 0.465. The maximum Gasteiger partial charge on any atom is 0.120 e. The highest BCUT2D eigenvalue weighted by Gasteiger charge is 2.09. The van der Waals surface area contributed by atoms with E-state index in [4.69, 9.17) is 10.2 Å². The molecule has 2 heterocycles. The molecule has 2 aromatic rings. The summed E-state index contributed by atoms with van der Waals surface area (Å²) < 4.78 is 6.88. The highest BCUT2D eigenvalue weighted by molar-refractivity contribution is 9.11. The summed E-state index contributed by atoms with van der Waals surface area (Å²) in [6.07, 6.45) is 0. The van der Waals surface area contributed by atoms with Gasteiger partial charge >= 0.3 is 0 Å². The van der Waals surface area contributed by atoms with E-state index < -0.39 is 0 Å². The molecule has 0 aromatic carbocycles. The van der Waals surface area contributed by atoms with Gasteiger partial charge in [0, 0.05) is 6.54 Å². The quantitative estimate of drug-likeness (QED) is 0.913. The minimum Gasteiger partial charge on any atom is -0.463 e. The van der Waals surface area contributed by atoms with E-state index in [-0.39, 0.29) is 0 Å². The summed E-state index contributed by atoms with van der Waals surface area (Å²) in [6, 6.07) is 4.22. The molecule has 0 amide bonds. The second-order valence-electron chi connectivity index (χ2n) is 4.45. The van der Waals surface area contributed by atoms with Crippen LogP contribution in [-0.4, -0.2) is 11.9 Å². The van der Waals surface area contributed by atoms with E-state index in [2.05, 4.69) is 45.4 Å². The highest BCUT2D eigenvalue weighted by Crippen LogP contribution is 2.22. The van der Waals surface area contributed by atoms with E-state index in [0.29, 0.717) is 6.54 Å². The van der Waals surface area contributed by atoms with E-state index >= 15 is 0 Å². The first-order valence-electron chi connectivity index (χ1n) is 5.78. The van der Waals surface area contributed by atoms with Gasteiger partial charge in [0.1, 0.15) is 11.5 Å². The fourth-order valence-electron chi connectivity index (χ4n) is 1.93. The normalized spacial score (nSPS) is 11.4. The third-order valence-corrected chi connectivity index (χ3v) is 4.31. The zero-order chi connectivity index (χ0) is 13.1. The van der Waals surface area contributed by atoms with Crippen molar-refractivity contribution in [3.05, 3.63) is 43.9 Å². The number of rotatable bonds is 5. The van der Waals surface area contributed by atoms with E-state index in [1.165, 1.54) is 9.35 Å². The van der Waals surface area contributed by atoms with Crippen LogP contribution in [0.3, 0.4) is 0 Å². The third-order valence-electron chi connectivity index (χ3n) is 2.76. The Labute approximate surface area is 120 Å². The summed E-state index contributed by atoms with van der Waals surface area (Å²) in [5.74, 6) is 1.86. The molecule has 0 aliphatic carbocycles. The molecule has 0 radical (unpaired) electrons. The molecular weight excluding hydrogens is 312 g/mol. The number of nitrogens with zero attached hydrogens (tertiary/aromatic N) is 1. The molecule has 0 saturated heterocycles. The van der Waals surface area contributed by atoms with Gasteiger partial charge in [-0.3, -0.25) is 4.90 Å². The molecule has 0 unspecified atom stereocenters. The first kappa shape index (κ1) is 13.8. The van der Waals surface area contributed by atoms with Crippen molar-refractivity contribution in [1.82, 2.24) is 4.90 Å². The summed E-state index contributed by atoms with van der Waals surface area (Å²) in [4.78, 5) is 2.23. The van der Waals surface area contributed by atoms with Crippen molar-refractivity contribution in [2.75, 3.05) is 7.05 Å². The van der Waals surface area contributed by atoms with Crippen LogP contribution in [0.25, 0.3) is 0 Å². The number of hydrogen-bond donors (Lipinski definition) is 1. The highest BCUT2D eigenvalue weighted by atomic mass is 79.9. The second kappa shape index (κ2) is 6.02. The van der Waals surface area contributed by atoms with Crippen molar-refractivity contribution in [3.63, 3.8) is 0 Å². The Morgan fingerprint density at radius 2 is 2.17 bits per heavy atom. The first-order valence-corrected chi connectivity index (χ1v) is 7.45. The maximum absolute atomic E-state index is 5.70. The maximum atomic E-state index is 5.70. The van der Waals surface area contributed by atoms with E-state index in [1.807, 2.05) is 6.92 Å². The fourth-order valence-corrected chi connectivity index (χ4v) is 3.13. The number of aryl methyl sites for hydroxylation is 1. The van der Waals surface area contributed by atoms with Crippen molar-refractivity contribution in [2.45, 2.75) is 26.6 Å². The summed E-state index contributed by atoms with van der Waals surface area (Å²) in [6.45, 7) is 4.21. The van der Waals surface area contributed by atoms with Gasteiger partial charge < -0.3 is 10.2 Å². The average molecular weight is 329 g/mol. The van der Waals surface area contributed by atoms with Gasteiger partial charge in [-0.2, -0.15) is 0 Å². The molecule has 3 nitrogen and oxygen atoms in total. The number of furan rings is 1. The topological polar surface area (TPSA) is 42.4 Å².